The lowest BCUT2D eigenvalue weighted by Gasteiger charge is -2.37. The van der Waals surface area contributed by atoms with Gasteiger partial charge in [-0.1, -0.05) is 54.4 Å². The predicted octanol–water partition coefficient (Wildman–Crippen LogP) is 6.79. The first kappa shape index (κ1) is 27.8. The van der Waals surface area contributed by atoms with E-state index in [-0.39, 0.29) is 21.8 Å². The molecule has 0 spiro atoms. The van der Waals surface area contributed by atoms with Crippen molar-refractivity contribution in [3.63, 3.8) is 0 Å². The Labute approximate surface area is 225 Å². The highest BCUT2D eigenvalue weighted by molar-refractivity contribution is 6.38. The summed E-state index contributed by atoms with van der Waals surface area (Å²) in [5.41, 5.74) is 3.76. The number of aromatic nitrogens is 2. The second-order valence-corrected chi connectivity index (χ2v) is 10.2. The van der Waals surface area contributed by atoms with Gasteiger partial charge in [0, 0.05) is 45.4 Å². The average molecular weight is 555 g/mol. The Hall–Kier alpha value is -2.26. The van der Waals surface area contributed by atoms with Crippen LogP contribution in [-0.2, 0) is 36.8 Å². The van der Waals surface area contributed by atoms with E-state index in [0.717, 1.165) is 42.2 Å². The molecule has 200 valence electrons. The second-order valence-electron chi connectivity index (χ2n) is 9.39. The number of rotatable bonds is 8. The molecule has 37 heavy (non-hydrogen) atoms. The van der Waals surface area contributed by atoms with Crippen LogP contribution in [0.4, 0.5) is 19.0 Å². The molecule has 0 N–H and O–H groups in total. The van der Waals surface area contributed by atoms with Crippen LogP contribution in [-0.4, -0.2) is 48.0 Å². The number of hydrogen-bond donors (Lipinski definition) is 0. The van der Waals surface area contributed by atoms with Crippen LogP contribution in [0.5, 0.6) is 0 Å². The van der Waals surface area contributed by atoms with E-state index in [1.54, 1.807) is 4.68 Å². The minimum Gasteiger partial charge on any atom is -0.380 e. The third-order valence-electron chi connectivity index (χ3n) is 6.69. The molecule has 3 aromatic rings. The molecule has 4 rings (SSSR count). The molecule has 1 atom stereocenters. The number of hydrogen-bond acceptors (Lipinski definition) is 4. The van der Waals surface area contributed by atoms with Crippen LogP contribution in [0.25, 0.3) is 5.69 Å². The summed E-state index contributed by atoms with van der Waals surface area (Å²) in [5.74, 6) is 0.731. The van der Waals surface area contributed by atoms with Gasteiger partial charge in [-0.3, -0.25) is 4.90 Å². The van der Waals surface area contributed by atoms with Crippen molar-refractivity contribution in [3.05, 3.63) is 74.4 Å². The van der Waals surface area contributed by atoms with E-state index in [0.29, 0.717) is 26.2 Å². The SMILES string of the molecule is CCOCC1Cc2ccccc2CN1Cc1c(CC)nn(-c2c(Cl)cc(C(F)(F)F)cc2Cl)c1N(C)C. The summed E-state index contributed by atoms with van der Waals surface area (Å²) in [6, 6.07) is 10.4. The first-order valence-corrected chi connectivity index (χ1v) is 13.0. The van der Waals surface area contributed by atoms with Gasteiger partial charge in [-0.15, -0.1) is 0 Å². The van der Waals surface area contributed by atoms with Gasteiger partial charge in [0.1, 0.15) is 11.5 Å². The maximum atomic E-state index is 13.3. The van der Waals surface area contributed by atoms with Crippen molar-refractivity contribution in [2.45, 2.75) is 52.0 Å². The summed E-state index contributed by atoms with van der Waals surface area (Å²) in [6.07, 6.45) is -3.04. The summed E-state index contributed by atoms with van der Waals surface area (Å²) in [5, 5.41) is 4.58. The minimum absolute atomic E-state index is 0.110. The maximum absolute atomic E-state index is 13.3. The van der Waals surface area contributed by atoms with Gasteiger partial charge in [0.2, 0.25) is 0 Å². The van der Waals surface area contributed by atoms with Crippen LogP contribution >= 0.6 is 23.2 Å². The molecule has 0 saturated heterocycles. The number of alkyl halides is 3. The Morgan fingerprint density at radius 2 is 1.73 bits per heavy atom. The van der Waals surface area contributed by atoms with Gasteiger partial charge in [-0.25, -0.2) is 4.68 Å². The summed E-state index contributed by atoms with van der Waals surface area (Å²) in [6.45, 7) is 6.60. The van der Waals surface area contributed by atoms with Gasteiger partial charge < -0.3 is 9.64 Å². The zero-order valence-electron chi connectivity index (χ0n) is 21.4. The number of fused-ring (bicyclic) bond motifs is 1. The Morgan fingerprint density at radius 3 is 2.30 bits per heavy atom. The molecule has 10 heteroatoms. The normalized spacial score (nSPS) is 16.2. The molecule has 2 heterocycles. The minimum atomic E-state index is -4.56. The quantitative estimate of drug-likeness (QED) is 0.307. The second kappa shape index (κ2) is 11.2. The van der Waals surface area contributed by atoms with Crippen LogP contribution in [0.1, 0.15) is 41.8 Å². The van der Waals surface area contributed by atoms with E-state index >= 15 is 0 Å². The number of benzene rings is 2. The molecule has 0 saturated carbocycles. The predicted molar refractivity (Wildman–Crippen MR) is 142 cm³/mol. The summed E-state index contributed by atoms with van der Waals surface area (Å²) < 4.78 is 47.4. The van der Waals surface area contributed by atoms with E-state index in [4.69, 9.17) is 33.0 Å². The molecule has 1 aliphatic rings. The van der Waals surface area contributed by atoms with E-state index in [1.807, 2.05) is 32.8 Å². The molecule has 0 amide bonds. The molecular formula is C27H31Cl2F3N4O. The fourth-order valence-corrected chi connectivity index (χ4v) is 5.57. The van der Waals surface area contributed by atoms with E-state index in [9.17, 15) is 13.2 Å². The standard InChI is InChI=1S/C27H31Cl2F3N4O/c1-5-24-21(15-35-14-18-10-8-7-9-17(18)11-20(35)16-37-6-2)26(34(3)4)36(33-24)25-22(28)12-19(13-23(25)29)27(30,31)32/h7-10,12-13,20H,5-6,11,14-16H2,1-4H3. The van der Waals surface area contributed by atoms with Crippen molar-refractivity contribution in [2.75, 3.05) is 32.2 Å². The van der Waals surface area contributed by atoms with Crippen LogP contribution in [0.2, 0.25) is 10.0 Å². The Morgan fingerprint density at radius 1 is 1.08 bits per heavy atom. The fourth-order valence-electron chi connectivity index (χ4n) is 4.93. The monoisotopic (exact) mass is 554 g/mol. The van der Waals surface area contributed by atoms with Gasteiger partial charge in [-0.05, 0) is 43.0 Å². The zero-order valence-corrected chi connectivity index (χ0v) is 22.9. The van der Waals surface area contributed by atoms with Crippen molar-refractivity contribution in [1.82, 2.24) is 14.7 Å². The third-order valence-corrected chi connectivity index (χ3v) is 7.27. The molecule has 0 aliphatic carbocycles. The van der Waals surface area contributed by atoms with Gasteiger partial charge in [-0.2, -0.15) is 18.3 Å². The van der Waals surface area contributed by atoms with Crippen LogP contribution in [0.3, 0.4) is 0 Å². The molecule has 0 bridgehead atoms. The molecule has 0 radical (unpaired) electrons. The lowest BCUT2D eigenvalue weighted by atomic mass is 9.93. The third kappa shape index (κ3) is 5.77. The summed E-state index contributed by atoms with van der Waals surface area (Å²) in [4.78, 5) is 4.29. The highest BCUT2D eigenvalue weighted by Gasteiger charge is 2.34. The number of anilines is 1. The summed E-state index contributed by atoms with van der Waals surface area (Å²) in [7, 11) is 3.76. The van der Waals surface area contributed by atoms with Gasteiger partial charge in [0.15, 0.2) is 0 Å². The van der Waals surface area contributed by atoms with Gasteiger partial charge in [0.25, 0.3) is 0 Å². The number of halogens is 5. The smallest absolute Gasteiger partial charge is 0.380 e. The largest absolute Gasteiger partial charge is 0.416 e. The van der Waals surface area contributed by atoms with Crippen molar-refractivity contribution < 1.29 is 17.9 Å². The van der Waals surface area contributed by atoms with Crippen molar-refractivity contribution in [3.8, 4) is 5.69 Å². The lowest BCUT2D eigenvalue weighted by Crippen LogP contribution is -2.43. The molecule has 1 aliphatic heterocycles. The highest BCUT2D eigenvalue weighted by Crippen LogP contribution is 2.40. The molecule has 2 aromatic carbocycles. The van der Waals surface area contributed by atoms with E-state index < -0.39 is 11.7 Å². The Bertz CT molecular complexity index is 1240. The Balaban J connectivity index is 1.79. The summed E-state index contributed by atoms with van der Waals surface area (Å²) >= 11 is 12.8. The van der Waals surface area contributed by atoms with Crippen LogP contribution < -0.4 is 4.90 Å². The first-order valence-electron chi connectivity index (χ1n) is 12.3. The Kier molecular flexibility index (Phi) is 8.43. The lowest BCUT2D eigenvalue weighted by molar-refractivity contribution is -0.137. The molecule has 0 fully saturated rings. The zero-order chi connectivity index (χ0) is 26.9. The average Bonchev–Trinajstić information content (AvgIpc) is 3.19. The highest BCUT2D eigenvalue weighted by atomic mass is 35.5. The van der Waals surface area contributed by atoms with Crippen molar-refractivity contribution in [1.29, 1.82) is 0 Å². The van der Waals surface area contributed by atoms with Crippen LogP contribution in [0.15, 0.2) is 36.4 Å². The molecule has 1 aromatic heterocycles. The molecule has 1 unspecified atom stereocenters. The number of nitrogens with zero attached hydrogens (tertiary/aromatic N) is 4. The number of ether oxygens (including phenoxy) is 1. The van der Waals surface area contributed by atoms with Crippen molar-refractivity contribution in [2.24, 2.45) is 0 Å². The van der Waals surface area contributed by atoms with Gasteiger partial charge in [0.05, 0.1) is 27.9 Å². The molecule has 5 nitrogen and oxygen atoms in total. The fraction of sp³-hybridized carbons (Fsp3) is 0.444. The maximum Gasteiger partial charge on any atom is 0.416 e. The van der Waals surface area contributed by atoms with Gasteiger partial charge >= 0.3 is 6.18 Å². The topological polar surface area (TPSA) is 33.5 Å². The first-order chi connectivity index (χ1) is 17.5. The number of aryl methyl sites for hydroxylation is 1. The van der Waals surface area contributed by atoms with Crippen molar-refractivity contribution >= 4 is 29.0 Å². The van der Waals surface area contributed by atoms with E-state index in [2.05, 4.69) is 29.2 Å². The van der Waals surface area contributed by atoms with Crippen LogP contribution in [0, 0.1) is 0 Å². The molecular weight excluding hydrogens is 524 g/mol. The van der Waals surface area contributed by atoms with E-state index in [1.165, 1.54) is 11.1 Å².